The van der Waals surface area contributed by atoms with E-state index in [1.54, 1.807) is 23.0 Å². The number of anilines is 2. The Morgan fingerprint density at radius 2 is 1.83 bits per heavy atom. The molecule has 0 atom stereocenters. The van der Waals surface area contributed by atoms with Gasteiger partial charge in [0.05, 0.1) is 34.6 Å². The zero-order valence-electron chi connectivity index (χ0n) is 16.3. The molecule has 0 aliphatic carbocycles. The molecule has 2 aromatic carbocycles. The third-order valence-electron chi connectivity index (χ3n) is 5.11. The third kappa shape index (κ3) is 3.63. The summed E-state index contributed by atoms with van der Waals surface area (Å²) >= 11 is 0. The summed E-state index contributed by atoms with van der Waals surface area (Å²) in [6, 6.07) is 14.9. The van der Waals surface area contributed by atoms with Crippen molar-refractivity contribution in [3.63, 3.8) is 0 Å². The van der Waals surface area contributed by atoms with Gasteiger partial charge in [-0.25, -0.2) is 13.1 Å². The lowest BCUT2D eigenvalue weighted by atomic mass is 10.1. The van der Waals surface area contributed by atoms with Crippen LogP contribution in [0.15, 0.2) is 54.7 Å². The van der Waals surface area contributed by atoms with Gasteiger partial charge in [-0.2, -0.15) is 5.10 Å². The minimum Gasteiger partial charge on any atom is -0.322 e. The van der Waals surface area contributed by atoms with Crippen LogP contribution in [0.5, 0.6) is 0 Å². The van der Waals surface area contributed by atoms with Crippen LogP contribution >= 0.6 is 0 Å². The lowest BCUT2D eigenvalue weighted by Crippen LogP contribution is -2.25. The molecule has 0 saturated carbocycles. The molecule has 0 unspecified atom stereocenters. The second kappa shape index (κ2) is 7.36. The normalized spacial score (nSPS) is 15.4. The molecule has 150 valence electrons. The number of carbonyl (C=O) groups excluding carboxylic acids is 1. The van der Waals surface area contributed by atoms with Crippen molar-refractivity contribution < 1.29 is 13.2 Å². The van der Waals surface area contributed by atoms with Crippen LogP contribution in [0, 0.1) is 13.8 Å². The molecular formula is C21H22N4O3S. The lowest BCUT2D eigenvalue weighted by molar-refractivity contribution is 0.102. The second-order valence-electron chi connectivity index (χ2n) is 7.09. The highest BCUT2D eigenvalue weighted by Gasteiger charge is 2.28. The number of aromatic nitrogens is 2. The number of rotatable bonds is 4. The Kier molecular flexibility index (Phi) is 4.87. The van der Waals surface area contributed by atoms with Gasteiger partial charge in [-0.3, -0.25) is 9.10 Å². The van der Waals surface area contributed by atoms with Gasteiger partial charge < -0.3 is 5.32 Å². The van der Waals surface area contributed by atoms with Crippen molar-refractivity contribution in [3.8, 4) is 5.69 Å². The molecule has 1 aliphatic heterocycles. The molecule has 8 heteroatoms. The molecule has 1 aliphatic rings. The van der Waals surface area contributed by atoms with Gasteiger partial charge in [-0.15, -0.1) is 0 Å². The molecular weight excluding hydrogens is 388 g/mol. The number of nitrogens with zero attached hydrogens (tertiary/aromatic N) is 3. The molecule has 1 fully saturated rings. The molecule has 1 saturated heterocycles. The van der Waals surface area contributed by atoms with Crippen molar-refractivity contribution in [2.75, 3.05) is 21.9 Å². The highest BCUT2D eigenvalue weighted by molar-refractivity contribution is 7.93. The minimum absolute atomic E-state index is 0.153. The maximum atomic E-state index is 12.9. The fraction of sp³-hybridized carbons (Fsp3) is 0.238. The predicted molar refractivity (Wildman–Crippen MR) is 113 cm³/mol. The maximum Gasteiger partial charge on any atom is 0.259 e. The number of para-hydroxylation sites is 1. The lowest BCUT2D eigenvalue weighted by Gasteiger charge is -2.19. The quantitative estimate of drug-likeness (QED) is 0.715. The van der Waals surface area contributed by atoms with E-state index in [9.17, 15) is 13.2 Å². The smallest absolute Gasteiger partial charge is 0.259 e. The van der Waals surface area contributed by atoms with E-state index >= 15 is 0 Å². The summed E-state index contributed by atoms with van der Waals surface area (Å²) in [6.45, 7) is 4.18. The number of amides is 1. The van der Waals surface area contributed by atoms with Crippen LogP contribution in [-0.2, 0) is 10.0 Å². The Hall–Kier alpha value is -3.13. The van der Waals surface area contributed by atoms with Crippen LogP contribution in [0.25, 0.3) is 5.69 Å². The number of hydrogen-bond donors (Lipinski definition) is 1. The summed E-state index contributed by atoms with van der Waals surface area (Å²) in [5.41, 5.74) is 4.08. The van der Waals surface area contributed by atoms with Gasteiger partial charge in [0.2, 0.25) is 10.0 Å². The maximum absolute atomic E-state index is 12.9. The van der Waals surface area contributed by atoms with Gasteiger partial charge in [0.15, 0.2) is 0 Å². The number of sulfonamides is 1. The van der Waals surface area contributed by atoms with E-state index in [-0.39, 0.29) is 11.7 Å². The van der Waals surface area contributed by atoms with Crippen molar-refractivity contribution in [1.82, 2.24) is 9.78 Å². The molecule has 1 amide bonds. The summed E-state index contributed by atoms with van der Waals surface area (Å²) in [6.07, 6.45) is 2.15. The Balaban J connectivity index is 1.61. The largest absolute Gasteiger partial charge is 0.322 e. The van der Waals surface area contributed by atoms with E-state index in [4.69, 9.17) is 0 Å². The molecule has 29 heavy (non-hydrogen) atoms. The van der Waals surface area contributed by atoms with Gasteiger partial charge >= 0.3 is 0 Å². The van der Waals surface area contributed by atoms with Gasteiger partial charge in [-0.05, 0) is 50.1 Å². The predicted octanol–water partition coefficient (Wildman–Crippen LogP) is 3.28. The molecule has 1 N–H and O–H groups in total. The average Bonchev–Trinajstić information content (AvgIpc) is 3.26. The topological polar surface area (TPSA) is 84.3 Å². The van der Waals surface area contributed by atoms with Crippen LogP contribution in [0.1, 0.15) is 28.0 Å². The fourth-order valence-electron chi connectivity index (χ4n) is 3.48. The zero-order valence-corrected chi connectivity index (χ0v) is 17.1. The van der Waals surface area contributed by atoms with Gasteiger partial charge in [-0.1, -0.05) is 24.3 Å². The summed E-state index contributed by atoms with van der Waals surface area (Å²) in [5.74, 6) is -0.130. The molecule has 0 spiro atoms. The van der Waals surface area contributed by atoms with Crippen molar-refractivity contribution >= 4 is 27.3 Å². The van der Waals surface area contributed by atoms with Crippen LogP contribution in [0.2, 0.25) is 0 Å². The van der Waals surface area contributed by atoms with Crippen molar-refractivity contribution in [1.29, 1.82) is 0 Å². The molecule has 7 nitrogen and oxygen atoms in total. The van der Waals surface area contributed by atoms with E-state index in [2.05, 4.69) is 10.4 Å². The first-order valence-corrected chi connectivity index (χ1v) is 11.0. The number of aryl methyl sites for hydroxylation is 1. The van der Waals surface area contributed by atoms with Gasteiger partial charge in [0.1, 0.15) is 0 Å². The monoisotopic (exact) mass is 410 g/mol. The number of carbonyl (C=O) groups is 1. The Bertz CT molecular complexity index is 1170. The first kappa shape index (κ1) is 19.2. The zero-order chi connectivity index (χ0) is 20.6. The molecule has 4 rings (SSSR count). The molecule has 2 heterocycles. The van der Waals surface area contributed by atoms with Crippen LogP contribution in [0.4, 0.5) is 11.4 Å². The Labute approximate surface area is 170 Å². The van der Waals surface area contributed by atoms with Crippen molar-refractivity contribution in [2.24, 2.45) is 0 Å². The van der Waals surface area contributed by atoms with Crippen molar-refractivity contribution in [3.05, 3.63) is 71.5 Å². The van der Waals surface area contributed by atoms with E-state index in [0.29, 0.717) is 29.9 Å². The SMILES string of the molecule is Cc1ccc(N2CCCS2(=O)=O)cc1NC(=O)c1cnn(-c2ccccc2)c1C. The van der Waals surface area contributed by atoms with Gasteiger partial charge in [0, 0.05) is 12.2 Å². The van der Waals surface area contributed by atoms with Gasteiger partial charge in [0.25, 0.3) is 5.91 Å². The average molecular weight is 410 g/mol. The summed E-state index contributed by atoms with van der Waals surface area (Å²) < 4.78 is 27.5. The Morgan fingerprint density at radius 3 is 2.52 bits per heavy atom. The first-order valence-electron chi connectivity index (χ1n) is 9.39. The minimum atomic E-state index is -3.28. The standard InChI is InChI=1S/C21H22N4O3S/c1-15-9-10-18(24-11-6-12-29(24,27)28)13-20(15)23-21(26)19-14-22-25(16(19)2)17-7-4-3-5-8-17/h3-5,7-10,13-14H,6,11-12H2,1-2H3,(H,23,26). The van der Waals surface area contributed by atoms with E-state index < -0.39 is 10.0 Å². The summed E-state index contributed by atoms with van der Waals surface area (Å²) in [4.78, 5) is 12.9. The Morgan fingerprint density at radius 1 is 1.07 bits per heavy atom. The van der Waals surface area contributed by atoms with E-state index in [1.165, 1.54) is 4.31 Å². The third-order valence-corrected chi connectivity index (χ3v) is 6.98. The highest BCUT2D eigenvalue weighted by Crippen LogP contribution is 2.29. The molecule has 0 radical (unpaired) electrons. The fourth-order valence-corrected chi connectivity index (χ4v) is 5.04. The highest BCUT2D eigenvalue weighted by atomic mass is 32.2. The summed E-state index contributed by atoms with van der Waals surface area (Å²) in [5, 5.41) is 7.25. The van der Waals surface area contributed by atoms with E-state index in [1.807, 2.05) is 50.2 Å². The first-order chi connectivity index (χ1) is 13.9. The second-order valence-corrected chi connectivity index (χ2v) is 9.10. The van der Waals surface area contributed by atoms with Crippen LogP contribution in [0.3, 0.4) is 0 Å². The van der Waals surface area contributed by atoms with Crippen molar-refractivity contribution in [2.45, 2.75) is 20.3 Å². The van der Waals surface area contributed by atoms with Crippen LogP contribution < -0.4 is 9.62 Å². The van der Waals surface area contributed by atoms with Crippen LogP contribution in [-0.4, -0.2) is 36.4 Å². The number of hydrogen-bond acceptors (Lipinski definition) is 4. The number of benzene rings is 2. The summed E-state index contributed by atoms with van der Waals surface area (Å²) in [7, 11) is -3.28. The number of nitrogens with one attached hydrogen (secondary N) is 1. The molecule has 3 aromatic rings. The van der Waals surface area contributed by atoms with E-state index in [0.717, 1.165) is 16.9 Å². The molecule has 1 aromatic heterocycles. The molecule has 0 bridgehead atoms.